The van der Waals surface area contributed by atoms with E-state index in [-0.39, 0.29) is 5.75 Å². The number of aryl methyl sites for hydroxylation is 1. The summed E-state index contributed by atoms with van der Waals surface area (Å²) in [6.07, 6.45) is 5.59. The molecule has 3 rings (SSSR count). The molecule has 2 nitrogen and oxygen atoms in total. The summed E-state index contributed by atoms with van der Waals surface area (Å²) in [4.78, 5) is 0.767. The van der Waals surface area contributed by atoms with E-state index in [1.807, 2.05) is 62.6 Å². The highest BCUT2D eigenvalue weighted by molar-refractivity contribution is 7.88. The van der Waals surface area contributed by atoms with Gasteiger partial charge in [0, 0.05) is 16.4 Å². The fourth-order valence-corrected chi connectivity index (χ4v) is 3.50. The van der Waals surface area contributed by atoms with E-state index in [4.69, 9.17) is 0 Å². The maximum Gasteiger partial charge on any atom is 0.119 e. The Balaban J connectivity index is 1.89. The fourth-order valence-electron chi connectivity index (χ4n) is 2.28. The normalized spacial score (nSPS) is 18.0. The molecule has 1 aliphatic carbocycles. The largest absolute Gasteiger partial charge is 0.508 e. The highest BCUT2D eigenvalue weighted by Crippen LogP contribution is 2.44. The quantitative estimate of drug-likeness (QED) is 0.939. The molecular weight excluding hydrogens is 280 g/mol. The first-order chi connectivity index (χ1) is 10.2. The SMILES string of the molecule is Cc1ccc([S@@](=O)[C]2[CH][CH][CH][C]2c2ccccc2O)cc1. The maximum atomic E-state index is 12.8. The van der Waals surface area contributed by atoms with E-state index in [0.717, 1.165) is 21.6 Å². The molecule has 105 valence electrons. The number of phenols is 1. The van der Waals surface area contributed by atoms with Crippen molar-refractivity contribution in [2.45, 2.75) is 11.8 Å². The minimum Gasteiger partial charge on any atom is -0.508 e. The molecule has 0 saturated heterocycles. The van der Waals surface area contributed by atoms with Gasteiger partial charge in [0.1, 0.15) is 5.75 Å². The van der Waals surface area contributed by atoms with Crippen LogP contribution in [0.2, 0.25) is 0 Å². The average molecular weight is 295 g/mol. The zero-order valence-corrected chi connectivity index (χ0v) is 12.4. The Morgan fingerprint density at radius 2 is 1.67 bits per heavy atom. The van der Waals surface area contributed by atoms with E-state index >= 15 is 0 Å². The molecule has 3 heteroatoms. The molecule has 1 aliphatic rings. The second kappa shape index (κ2) is 6.02. The van der Waals surface area contributed by atoms with E-state index in [1.54, 1.807) is 12.1 Å². The molecule has 0 unspecified atom stereocenters. The van der Waals surface area contributed by atoms with Crippen LogP contribution in [-0.2, 0) is 10.8 Å². The molecule has 2 aromatic rings. The number of aromatic hydroxyl groups is 1. The summed E-state index contributed by atoms with van der Waals surface area (Å²) in [6, 6.07) is 14.8. The Morgan fingerprint density at radius 1 is 0.952 bits per heavy atom. The topological polar surface area (TPSA) is 37.3 Å². The van der Waals surface area contributed by atoms with Crippen LogP contribution in [-0.4, -0.2) is 9.32 Å². The molecular formula is C18H15O2S. The zero-order valence-electron chi connectivity index (χ0n) is 11.6. The highest BCUT2D eigenvalue weighted by atomic mass is 32.2. The minimum atomic E-state index is -1.26. The van der Waals surface area contributed by atoms with E-state index in [9.17, 15) is 9.32 Å². The van der Waals surface area contributed by atoms with Crippen LogP contribution in [0.4, 0.5) is 0 Å². The van der Waals surface area contributed by atoms with Crippen molar-refractivity contribution in [1.82, 2.24) is 0 Å². The lowest BCUT2D eigenvalue weighted by Gasteiger charge is -2.18. The van der Waals surface area contributed by atoms with Gasteiger partial charge in [0.2, 0.25) is 0 Å². The van der Waals surface area contributed by atoms with Crippen molar-refractivity contribution in [2.75, 3.05) is 0 Å². The van der Waals surface area contributed by atoms with Gasteiger partial charge in [-0.2, -0.15) is 0 Å². The first kappa shape index (κ1) is 14.3. The molecule has 0 spiro atoms. The van der Waals surface area contributed by atoms with Gasteiger partial charge in [0.05, 0.1) is 16.0 Å². The van der Waals surface area contributed by atoms with Crippen molar-refractivity contribution in [3.05, 3.63) is 90.1 Å². The average Bonchev–Trinajstić information content (AvgIpc) is 2.97. The first-order valence-corrected chi connectivity index (χ1v) is 7.84. The molecule has 0 aliphatic heterocycles. The lowest BCUT2D eigenvalue weighted by Crippen LogP contribution is -2.12. The number of hydrogen-bond donors (Lipinski definition) is 1. The third-order valence-electron chi connectivity index (χ3n) is 3.40. The minimum absolute atomic E-state index is 0.200. The van der Waals surface area contributed by atoms with Crippen LogP contribution in [0.3, 0.4) is 0 Å². The standard InChI is InChI=1S/C18H15O2S/c1-13-9-11-14(12-10-13)21(20)18-8-4-6-16(18)15-5-2-3-7-17(15)19/h2-12,19H,1H3/t21-/m1/s1. The van der Waals surface area contributed by atoms with Crippen LogP contribution < -0.4 is 0 Å². The summed E-state index contributed by atoms with van der Waals surface area (Å²) in [5.74, 6) is 1.01. The van der Waals surface area contributed by atoms with Gasteiger partial charge in [-0.15, -0.1) is 0 Å². The number of benzene rings is 2. The molecule has 1 atom stereocenters. The molecule has 2 aromatic carbocycles. The van der Waals surface area contributed by atoms with Gasteiger partial charge in [-0.1, -0.05) is 35.9 Å². The van der Waals surface area contributed by atoms with Crippen LogP contribution in [0.25, 0.3) is 0 Å². The second-order valence-corrected chi connectivity index (χ2v) is 6.35. The molecule has 1 saturated carbocycles. The molecule has 1 fully saturated rings. The molecule has 0 aromatic heterocycles. The van der Waals surface area contributed by atoms with E-state index in [0.29, 0.717) is 5.56 Å². The van der Waals surface area contributed by atoms with Crippen molar-refractivity contribution in [2.24, 2.45) is 0 Å². The van der Waals surface area contributed by atoms with Crippen molar-refractivity contribution in [1.29, 1.82) is 0 Å². The van der Waals surface area contributed by atoms with Crippen molar-refractivity contribution in [3.8, 4) is 5.75 Å². The lowest BCUT2D eigenvalue weighted by atomic mass is 9.96. The van der Waals surface area contributed by atoms with Gasteiger partial charge in [-0.3, -0.25) is 4.21 Å². The van der Waals surface area contributed by atoms with Gasteiger partial charge in [-0.25, -0.2) is 0 Å². The van der Waals surface area contributed by atoms with Crippen molar-refractivity contribution >= 4 is 10.8 Å². The summed E-state index contributed by atoms with van der Waals surface area (Å²) in [5, 5.41) is 10.7. The van der Waals surface area contributed by atoms with Crippen LogP contribution in [0.15, 0.2) is 53.4 Å². The van der Waals surface area contributed by atoms with E-state index < -0.39 is 10.8 Å². The van der Waals surface area contributed by atoms with E-state index in [1.165, 1.54) is 0 Å². The van der Waals surface area contributed by atoms with Gasteiger partial charge >= 0.3 is 0 Å². The molecule has 0 amide bonds. The Hall–Kier alpha value is -1.61. The van der Waals surface area contributed by atoms with Gasteiger partial charge in [0.15, 0.2) is 0 Å². The highest BCUT2D eigenvalue weighted by Gasteiger charge is 2.37. The molecule has 1 N–H and O–H groups in total. The number of rotatable bonds is 3. The van der Waals surface area contributed by atoms with Gasteiger partial charge in [-0.05, 0) is 44.4 Å². The lowest BCUT2D eigenvalue weighted by molar-refractivity contribution is 0.471. The van der Waals surface area contributed by atoms with Crippen molar-refractivity contribution in [3.63, 3.8) is 0 Å². The summed E-state index contributed by atoms with van der Waals surface area (Å²) in [7, 11) is -1.26. The van der Waals surface area contributed by atoms with Crippen LogP contribution >= 0.6 is 0 Å². The first-order valence-electron chi connectivity index (χ1n) is 6.69. The number of hydrogen-bond acceptors (Lipinski definition) is 2. The van der Waals surface area contributed by atoms with Crippen molar-refractivity contribution < 1.29 is 9.32 Å². The third kappa shape index (κ3) is 2.88. The Morgan fingerprint density at radius 3 is 2.38 bits per heavy atom. The van der Waals surface area contributed by atoms with Crippen LogP contribution in [0.5, 0.6) is 5.75 Å². The predicted molar refractivity (Wildman–Crippen MR) is 84.2 cm³/mol. The molecule has 5 radical (unpaired) electrons. The number of phenolic OH excluding ortho intramolecular Hbond substituents is 1. The number of para-hydroxylation sites is 1. The summed E-state index contributed by atoms with van der Waals surface area (Å²) in [5.41, 5.74) is 1.84. The van der Waals surface area contributed by atoms with E-state index in [2.05, 4.69) is 0 Å². The third-order valence-corrected chi connectivity index (χ3v) is 4.86. The second-order valence-electron chi connectivity index (χ2n) is 4.90. The van der Waals surface area contributed by atoms with Crippen LogP contribution in [0.1, 0.15) is 11.1 Å². The fraction of sp³-hybridized carbons (Fsp3) is 0.0556. The summed E-state index contributed by atoms with van der Waals surface area (Å²) in [6.45, 7) is 2.00. The summed E-state index contributed by atoms with van der Waals surface area (Å²) < 4.78 is 12.8. The predicted octanol–water partition coefficient (Wildman–Crippen LogP) is 3.59. The Labute approximate surface area is 128 Å². The van der Waals surface area contributed by atoms with Crippen LogP contribution in [0, 0.1) is 37.4 Å². The maximum absolute atomic E-state index is 12.8. The zero-order chi connectivity index (χ0) is 14.8. The Kier molecular flexibility index (Phi) is 4.11. The molecule has 0 bridgehead atoms. The smallest absolute Gasteiger partial charge is 0.119 e. The van der Waals surface area contributed by atoms with Gasteiger partial charge in [0.25, 0.3) is 0 Å². The summed E-state index contributed by atoms with van der Waals surface area (Å²) >= 11 is 0. The monoisotopic (exact) mass is 295 g/mol. The van der Waals surface area contributed by atoms with Gasteiger partial charge < -0.3 is 5.11 Å². The molecule has 0 heterocycles. The Bertz CT molecular complexity index is 649. The molecule has 21 heavy (non-hydrogen) atoms.